The minimum Gasteiger partial charge on any atom is -0.478 e. The molecule has 1 unspecified atom stereocenters. The smallest absolute Gasteiger partial charge is 0.410 e. The summed E-state index contributed by atoms with van der Waals surface area (Å²) >= 11 is 0. The highest BCUT2D eigenvalue weighted by Crippen LogP contribution is 2.15. The number of amides is 1. The van der Waals surface area contributed by atoms with Crippen LogP contribution in [0, 0.1) is 0 Å². The number of likely N-dealkylation sites (tertiary alicyclic amines) is 1. The van der Waals surface area contributed by atoms with Crippen LogP contribution < -0.4 is 10.1 Å². The first-order valence-corrected chi connectivity index (χ1v) is 8.69. The van der Waals surface area contributed by atoms with Crippen molar-refractivity contribution in [3.05, 3.63) is 24.4 Å². The van der Waals surface area contributed by atoms with Gasteiger partial charge in [-0.2, -0.15) is 0 Å². The molecule has 1 N–H and O–H groups in total. The minimum atomic E-state index is -0.434. The Kier molecular flexibility index (Phi) is 6.85. The maximum Gasteiger partial charge on any atom is 0.410 e. The van der Waals surface area contributed by atoms with Gasteiger partial charge in [-0.15, -0.1) is 0 Å². The summed E-state index contributed by atoms with van der Waals surface area (Å²) in [5, 5.41) is 3.51. The van der Waals surface area contributed by atoms with Crippen LogP contribution in [-0.2, 0) is 4.74 Å². The Morgan fingerprint density at radius 3 is 2.92 bits per heavy atom. The van der Waals surface area contributed by atoms with Crippen LogP contribution in [-0.4, -0.2) is 53.9 Å². The van der Waals surface area contributed by atoms with Crippen LogP contribution in [0.1, 0.15) is 40.0 Å². The number of nitrogens with one attached hydrogen (secondary N) is 1. The van der Waals surface area contributed by atoms with Gasteiger partial charge in [0.05, 0.1) is 6.61 Å². The number of aromatic nitrogens is 1. The van der Waals surface area contributed by atoms with Crippen molar-refractivity contribution in [3.8, 4) is 5.88 Å². The second-order valence-electron chi connectivity index (χ2n) is 7.09. The first-order valence-electron chi connectivity index (χ1n) is 8.69. The molecule has 0 aromatic carbocycles. The summed E-state index contributed by atoms with van der Waals surface area (Å²) in [4.78, 5) is 17.9. The maximum atomic E-state index is 12.0. The molecule has 1 aliphatic rings. The molecular formula is C18H29N3O3. The van der Waals surface area contributed by atoms with E-state index in [9.17, 15) is 4.79 Å². The molecule has 2 rings (SSSR count). The van der Waals surface area contributed by atoms with Crippen LogP contribution in [0.4, 0.5) is 4.79 Å². The number of nitrogens with zero attached hydrogens (tertiary/aromatic N) is 2. The molecule has 1 amide bonds. The highest BCUT2D eigenvalue weighted by molar-refractivity contribution is 5.68. The van der Waals surface area contributed by atoms with Crippen LogP contribution >= 0.6 is 0 Å². The molecule has 24 heavy (non-hydrogen) atoms. The van der Waals surface area contributed by atoms with Gasteiger partial charge in [0.15, 0.2) is 0 Å². The largest absolute Gasteiger partial charge is 0.478 e. The van der Waals surface area contributed by atoms with Crippen molar-refractivity contribution in [3.63, 3.8) is 0 Å². The third kappa shape index (κ3) is 6.74. The highest BCUT2D eigenvalue weighted by Gasteiger charge is 2.29. The lowest BCUT2D eigenvalue weighted by Gasteiger charge is -2.24. The molecule has 0 radical (unpaired) electrons. The summed E-state index contributed by atoms with van der Waals surface area (Å²) in [5.74, 6) is 0.675. The zero-order valence-corrected chi connectivity index (χ0v) is 15.0. The zero-order chi connectivity index (χ0) is 17.4. The SMILES string of the molecule is CC(C)(C)OC(=O)N1CCC(NCCCCOc2ccccn2)C1. The Morgan fingerprint density at radius 1 is 1.38 bits per heavy atom. The Labute approximate surface area is 144 Å². The van der Waals surface area contributed by atoms with Crippen molar-refractivity contribution >= 4 is 6.09 Å². The van der Waals surface area contributed by atoms with Crippen molar-refractivity contribution in [1.82, 2.24) is 15.2 Å². The lowest BCUT2D eigenvalue weighted by molar-refractivity contribution is 0.0291. The van der Waals surface area contributed by atoms with Gasteiger partial charge in [-0.3, -0.25) is 0 Å². The summed E-state index contributed by atoms with van der Waals surface area (Å²) in [6.45, 7) is 8.76. The summed E-state index contributed by atoms with van der Waals surface area (Å²) in [7, 11) is 0. The molecule has 1 fully saturated rings. The van der Waals surface area contributed by atoms with Gasteiger partial charge in [0.1, 0.15) is 5.60 Å². The number of hydrogen-bond donors (Lipinski definition) is 1. The summed E-state index contributed by atoms with van der Waals surface area (Å²) in [5.41, 5.74) is -0.434. The fourth-order valence-corrected chi connectivity index (χ4v) is 2.56. The summed E-state index contributed by atoms with van der Waals surface area (Å²) in [6.07, 6.45) is 4.51. The first kappa shape index (κ1) is 18.5. The van der Waals surface area contributed by atoms with Gasteiger partial charge in [0.2, 0.25) is 5.88 Å². The summed E-state index contributed by atoms with van der Waals surface area (Å²) in [6, 6.07) is 6.01. The third-order valence-corrected chi connectivity index (χ3v) is 3.73. The molecule has 1 aromatic heterocycles. The number of rotatable bonds is 7. The Hall–Kier alpha value is -1.82. The molecule has 134 valence electrons. The fourth-order valence-electron chi connectivity index (χ4n) is 2.56. The second kappa shape index (κ2) is 8.87. The van der Waals surface area contributed by atoms with E-state index in [0.29, 0.717) is 18.5 Å². The van der Waals surface area contributed by atoms with E-state index < -0.39 is 5.60 Å². The number of unbranched alkanes of at least 4 members (excludes halogenated alkanes) is 1. The van der Waals surface area contributed by atoms with E-state index in [-0.39, 0.29) is 6.09 Å². The Bertz CT molecular complexity index is 502. The van der Waals surface area contributed by atoms with Crippen LogP contribution in [0.25, 0.3) is 0 Å². The molecule has 6 heteroatoms. The van der Waals surface area contributed by atoms with Crippen LogP contribution in [0.5, 0.6) is 5.88 Å². The molecule has 6 nitrogen and oxygen atoms in total. The predicted molar refractivity (Wildman–Crippen MR) is 93.2 cm³/mol. The molecule has 1 aromatic rings. The van der Waals surface area contributed by atoms with Gasteiger partial charge in [0, 0.05) is 31.4 Å². The van der Waals surface area contributed by atoms with Crippen molar-refractivity contribution in [2.75, 3.05) is 26.2 Å². The standard InChI is InChI=1S/C18H29N3O3/c1-18(2,3)24-17(22)21-12-9-15(14-21)19-10-6-7-13-23-16-8-4-5-11-20-16/h4-5,8,11,15,19H,6-7,9-10,12-14H2,1-3H3. The van der Waals surface area contributed by atoms with Gasteiger partial charge in [-0.1, -0.05) is 6.07 Å². The average molecular weight is 335 g/mol. The highest BCUT2D eigenvalue weighted by atomic mass is 16.6. The molecule has 1 aliphatic heterocycles. The van der Waals surface area contributed by atoms with Gasteiger partial charge in [0.25, 0.3) is 0 Å². The molecule has 0 saturated carbocycles. The van der Waals surface area contributed by atoms with Crippen LogP contribution in [0.15, 0.2) is 24.4 Å². The maximum absolute atomic E-state index is 12.0. The van der Waals surface area contributed by atoms with Crippen molar-refractivity contribution in [1.29, 1.82) is 0 Å². The van der Waals surface area contributed by atoms with Crippen molar-refractivity contribution in [2.24, 2.45) is 0 Å². The van der Waals surface area contributed by atoms with E-state index in [1.165, 1.54) is 0 Å². The number of pyridine rings is 1. The Balaban J connectivity index is 1.53. The lowest BCUT2D eigenvalue weighted by atomic mass is 10.2. The van der Waals surface area contributed by atoms with E-state index in [1.807, 2.05) is 39.0 Å². The minimum absolute atomic E-state index is 0.212. The molecule has 0 aliphatic carbocycles. The van der Waals surface area contributed by atoms with Gasteiger partial charge >= 0.3 is 6.09 Å². The number of ether oxygens (including phenoxy) is 2. The second-order valence-corrected chi connectivity index (χ2v) is 7.09. The van der Waals surface area contributed by atoms with Gasteiger partial charge in [-0.25, -0.2) is 9.78 Å². The molecule has 0 spiro atoms. The monoisotopic (exact) mass is 335 g/mol. The zero-order valence-electron chi connectivity index (χ0n) is 15.0. The molecule has 1 atom stereocenters. The molecule has 0 bridgehead atoms. The van der Waals surface area contributed by atoms with Crippen molar-refractivity contribution < 1.29 is 14.3 Å². The normalized spacial score (nSPS) is 17.8. The third-order valence-electron chi connectivity index (χ3n) is 3.73. The number of carbonyl (C=O) groups is 1. The number of hydrogen-bond acceptors (Lipinski definition) is 5. The van der Waals surface area contributed by atoms with E-state index in [4.69, 9.17) is 9.47 Å². The fraction of sp³-hybridized carbons (Fsp3) is 0.667. The Morgan fingerprint density at radius 2 is 2.21 bits per heavy atom. The van der Waals surface area contributed by atoms with E-state index >= 15 is 0 Å². The topological polar surface area (TPSA) is 63.7 Å². The van der Waals surface area contributed by atoms with E-state index in [0.717, 1.165) is 38.9 Å². The molecule has 2 heterocycles. The number of carbonyl (C=O) groups excluding carboxylic acids is 1. The average Bonchev–Trinajstić information content (AvgIpc) is 2.99. The quantitative estimate of drug-likeness (QED) is 0.776. The summed E-state index contributed by atoms with van der Waals surface area (Å²) < 4.78 is 11.0. The van der Waals surface area contributed by atoms with E-state index in [1.54, 1.807) is 11.1 Å². The van der Waals surface area contributed by atoms with Crippen molar-refractivity contribution in [2.45, 2.75) is 51.7 Å². The van der Waals surface area contributed by atoms with E-state index in [2.05, 4.69) is 10.3 Å². The van der Waals surface area contributed by atoms with Crippen LogP contribution in [0.3, 0.4) is 0 Å². The first-order chi connectivity index (χ1) is 11.4. The molecule has 1 saturated heterocycles. The van der Waals surface area contributed by atoms with Crippen LogP contribution in [0.2, 0.25) is 0 Å². The predicted octanol–water partition coefficient (Wildman–Crippen LogP) is 2.84. The molecular weight excluding hydrogens is 306 g/mol. The van der Waals surface area contributed by atoms with Gasteiger partial charge < -0.3 is 19.7 Å². The lowest BCUT2D eigenvalue weighted by Crippen LogP contribution is -2.38. The van der Waals surface area contributed by atoms with Gasteiger partial charge in [-0.05, 0) is 52.6 Å².